The van der Waals surface area contributed by atoms with Crippen LogP contribution in [0.1, 0.15) is 36.2 Å². The smallest absolute Gasteiger partial charge is 0.337 e. The Morgan fingerprint density at radius 1 is 1.53 bits per heavy atom. The number of hydrogen-bond acceptors (Lipinski definition) is 2. The zero-order valence-corrected chi connectivity index (χ0v) is 9.37. The van der Waals surface area contributed by atoms with Gasteiger partial charge in [0.05, 0.1) is 5.56 Å². The molecular weight excluding hydrogens is 190 g/mol. The minimum absolute atomic E-state index is 0.282. The van der Waals surface area contributed by atoms with Crippen molar-refractivity contribution < 1.29 is 9.90 Å². The largest absolute Gasteiger partial charge is 0.478 e. The third-order valence-electron chi connectivity index (χ3n) is 2.42. The molecule has 82 valence electrons. The van der Waals surface area contributed by atoms with Crippen molar-refractivity contribution in [2.45, 2.75) is 33.2 Å². The van der Waals surface area contributed by atoms with E-state index < -0.39 is 5.97 Å². The molecule has 0 aliphatic heterocycles. The molecule has 2 N–H and O–H groups in total. The van der Waals surface area contributed by atoms with Crippen molar-refractivity contribution in [3.05, 3.63) is 29.3 Å². The zero-order chi connectivity index (χ0) is 11.4. The van der Waals surface area contributed by atoms with Crippen molar-refractivity contribution in [3.63, 3.8) is 0 Å². The van der Waals surface area contributed by atoms with Gasteiger partial charge in [0.1, 0.15) is 0 Å². The van der Waals surface area contributed by atoms with Crippen LogP contribution in [0.25, 0.3) is 0 Å². The number of nitrogens with one attached hydrogen (secondary N) is 1. The van der Waals surface area contributed by atoms with Gasteiger partial charge < -0.3 is 10.4 Å². The van der Waals surface area contributed by atoms with E-state index in [2.05, 4.69) is 12.2 Å². The van der Waals surface area contributed by atoms with E-state index in [4.69, 9.17) is 5.11 Å². The van der Waals surface area contributed by atoms with Crippen molar-refractivity contribution in [1.29, 1.82) is 0 Å². The molecule has 1 rings (SSSR count). The van der Waals surface area contributed by atoms with Crippen LogP contribution in [0.15, 0.2) is 18.2 Å². The number of benzene rings is 1. The fourth-order valence-electron chi connectivity index (χ4n) is 1.33. The number of aromatic carboxylic acids is 1. The summed E-state index contributed by atoms with van der Waals surface area (Å²) in [5.41, 5.74) is 2.10. The van der Waals surface area contributed by atoms with Crippen LogP contribution >= 0.6 is 0 Å². The monoisotopic (exact) mass is 207 g/mol. The predicted molar refractivity (Wildman–Crippen MR) is 61.5 cm³/mol. The normalized spacial score (nSPS) is 12.2. The Balaban J connectivity index is 3.02. The Morgan fingerprint density at radius 3 is 2.73 bits per heavy atom. The van der Waals surface area contributed by atoms with Crippen LogP contribution < -0.4 is 5.32 Å². The molecule has 0 heterocycles. The second-order valence-electron chi connectivity index (χ2n) is 3.81. The fraction of sp³-hybridized carbons (Fsp3) is 0.417. The molecule has 0 saturated heterocycles. The lowest BCUT2D eigenvalue weighted by molar-refractivity contribution is 0.0698. The van der Waals surface area contributed by atoms with Crippen LogP contribution in [0.5, 0.6) is 0 Å². The topological polar surface area (TPSA) is 49.3 Å². The molecule has 0 aromatic heterocycles. The highest BCUT2D eigenvalue weighted by Crippen LogP contribution is 2.19. The summed E-state index contributed by atoms with van der Waals surface area (Å²) in [7, 11) is 0. The first-order valence-electron chi connectivity index (χ1n) is 5.15. The van der Waals surface area contributed by atoms with Crippen molar-refractivity contribution >= 4 is 11.7 Å². The van der Waals surface area contributed by atoms with Crippen LogP contribution in [0.3, 0.4) is 0 Å². The van der Waals surface area contributed by atoms with Crippen molar-refractivity contribution in [2.24, 2.45) is 0 Å². The van der Waals surface area contributed by atoms with E-state index in [9.17, 15) is 4.79 Å². The Hall–Kier alpha value is -1.51. The lowest BCUT2D eigenvalue weighted by Gasteiger charge is -2.15. The summed E-state index contributed by atoms with van der Waals surface area (Å²) in [6.07, 6.45) is 0.965. The van der Waals surface area contributed by atoms with Crippen molar-refractivity contribution in [1.82, 2.24) is 0 Å². The van der Waals surface area contributed by atoms with E-state index in [0.717, 1.165) is 12.0 Å². The Bertz CT molecular complexity index is 361. The van der Waals surface area contributed by atoms with E-state index in [1.165, 1.54) is 0 Å². The molecule has 3 heteroatoms. The summed E-state index contributed by atoms with van der Waals surface area (Å²) in [5, 5.41) is 12.2. The SMILES string of the molecule is CCC(C)Nc1cc(C)ccc1C(=O)O. The van der Waals surface area contributed by atoms with Gasteiger partial charge in [0.15, 0.2) is 0 Å². The number of carboxylic acids is 1. The quantitative estimate of drug-likeness (QED) is 0.798. The number of aryl methyl sites for hydroxylation is 1. The molecular formula is C12H17NO2. The molecule has 0 saturated carbocycles. The molecule has 0 bridgehead atoms. The van der Waals surface area contributed by atoms with Gasteiger partial charge in [-0.3, -0.25) is 0 Å². The molecule has 0 spiro atoms. The first-order chi connectivity index (χ1) is 7.04. The summed E-state index contributed by atoms with van der Waals surface area (Å²) >= 11 is 0. The van der Waals surface area contributed by atoms with E-state index in [-0.39, 0.29) is 6.04 Å². The molecule has 1 aromatic carbocycles. The Labute approximate surface area is 90.1 Å². The number of carbonyl (C=O) groups is 1. The van der Waals surface area contributed by atoms with E-state index in [1.807, 2.05) is 26.0 Å². The number of rotatable bonds is 4. The Kier molecular flexibility index (Phi) is 3.72. The molecule has 15 heavy (non-hydrogen) atoms. The summed E-state index contributed by atoms with van der Waals surface area (Å²) in [6.45, 7) is 6.05. The third-order valence-corrected chi connectivity index (χ3v) is 2.42. The standard InChI is InChI=1S/C12H17NO2/c1-4-9(3)13-11-7-8(2)5-6-10(11)12(14)15/h5-7,9,13H,4H2,1-3H3,(H,14,15). The van der Waals surface area contributed by atoms with Crippen LogP contribution in [-0.2, 0) is 0 Å². The minimum Gasteiger partial charge on any atom is -0.478 e. The molecule has 1 unspecified atom stereocenters. The van der Waals surface area contributed by atoms with Gasteiger partial charge in [-0.05, 0) is 38.0 Å². The number of anilines is 1. The van der Waals surface area contributed by atoms with Gasteiger partial charge in [-0.1, -0.05) is 13.0 Å². The molecule has 1 aromatic rings. The lowest BCUT2D eigenvalue weighted by atomic mass is 10.1. The second-order valence-corrected chi connectivity index (χ2v) is 3.81. The zero-order valence-electron chi connectivity index (χ0n) is 9.37. The maximum Gasteiger partial charge on any atom is 0.337 e. The van der Waals surface area contributed by atoms with Gasteiger partial charge >= 0.3 is 5.97 Å². The fourth-order valence-corrected chi connectivity index (χ4v) is 1.33. The van der Waals surface area contributed by atoms with Gasteiger partial charge in [-0.15, -0.1) is 0 Å². The lowest BCUT2D eigenvalue weighted by Crippen LogP contribution is -2.16. The van der Waals surface area contributed by atoms with Crippen LogP contribution in [-0.4, -0.2) is 17.1 Å². The minimum atomic E-state index is -0.888. The summed E-state index contributed by atoms with van der Waals surface area (Å²) in [6, 6.07) is 5.60. The summed E-state index contributed by atoms with van der Waals surface area (Å²) in [5.74, 6) is -0.888. The van der Waals surface area contributed by atoms with Crippen molar-refractivity contribution in [2.75, 3.05) is 5.32 Å². The molecule has 0 amide bonds. The molecule has 0 aliphatic rings. The van der Waals surface area contributed by atoms with E-state index in [1.54, 1.807) is 6.07 Å². The molecule has 0 radical (unpaired) electrons. The Morgan fingerprint density at radius 2 is 2.20 bits per heavy atom. The van der Waals surface area contributed by atoms with Gasteiger partial charge in [-0.2, -0.15) is 0 Å². The molecule has 0 fully saturated rings. The predicted octanol–water partition coefficient (Wildman–Crippen LogP) is 2.90. The molecule has 3 nitrogen and oxygen atoms in total. The average molecular weight is 207 g/mol. The first kappa shape index (κ1) is 11.6. The van der Waals surface area contributed by atoms with Gasteiger partial charge in [-0.25, -0.2) is 4.79 Å². The highest BCUT2D eigenvalue weighted by Gasteiger charge is 2.10. The maximum atomic E-state index is 11.0. The maximum absolute atomic E-state index is 11.0. The average Bonchev–Trinajstić information content (AvgIpc) is 2.17. The van der Waals surface area contributed by atoms with Crippen LogP contribution in [0.2, 0.25) is 0 Å². The summed E-state index contributed by atoms with van der Waals surface area (Å²) in [4.78, 5) is 11.0. The number of carboxylic acid groups (broad SMARTS) is 1. The van der Waals surface area contributed by atoms with E-state index >= 15 is 0 Å². The van der Waals surface area contributed by atoms with Gasteiger partial charge in [0, 0.05) is 11.7 Å². The highest BCUT2D eigenvalue weighted by atomic mass is 16.4. The van der Waals surface area contributed by atoms with Crippen molar-refractivity contribution in [3.8, 4) is 0 Å². The van der Waals surface area contributed by atoms with Gasteiger partial charge in [0.25, 0.3) is 0 Å². The number of hydrogen-bond donors (Lipinski definition) is 2. The van der Waals surface area contributed by atoms with Crippen LogP contribution in [0.4, 0.5) is 5.69 Å². The highest BCUT2D eigenvalue weighted by molar-refractivity contribution is 5.94. The van der Waals surface area contributed by atoms with Gasteiger partial charge in [0.2, 0.25) is 0 Å². The third kappa shape index (κ3) is 2.98. The van der Waals surface area contributed by atoms with E-state index in [0.29, 0.717) is 11.3 Å². The molecule has 1 atom stereocenters. The summed E-state index contributed by atoms with van der Waals surface area (Å²) < 4.78 is 0. The molecule has 0 aliphatic carbocycles. The first-order valence-corrected chi connectivity index (χ1v) is 5.15. The second kappa shape index (κ2) is 4.82. The van der Waals surface area contributed by atoms with Crippen LogP contribution in [0, 0.1) is 6.92 Å².